The molecule has 2 N–H and O–H groups in total. The predicted octanol–water partition coefficient (Wildman–Crippen LogP) is 1.53. The van der Waals surface area contributed by atoms with E-state index >= 15 is 0 Å². The summed E-state index contributed by atoms with van der Waals surface area (Å²) in [5.74, 6) is -0.478. The molecule has 3 amide bonds. The summed E-state index contributed by atoms with van der Waals surface area (Å²) in [6.07, 6.45) is 5.85. The highest BCUT2D eigenvalue weighted by atomic mass is 16.2. The Bertz CT molecular complexity index is 732. The van der Waals surface area contributed by atoms with Crippen LogP contribution in [0.5, 0.6) is 0 Å². The van der Waals surface area contributed by atoms with Crippen molar-refractivity contribution in [3.05, 3.63) is 66.4 Å². The Hall–Kier alpha value is -3.48. The van der Waals surface area contributed by atoms with Crippen molar-refractivity contribution in [2.45, 2.75) is 0 Å². The molecule has 0 aliphatic rings. The largest absolute Gasteiger partial charge is 0.350 e. The molecule has 0 spiro atoms. The monoisotopic (exact) mass is 323 g/mol. The van der Waals surface area contributed by atoms with Gasteiger partial charge in [-0.15, -0.1) is 0 Å². The summed E-state index contributed by atoms with van der Waals surface area (Å²) in [5, 5.41) is 1.71. The Morgan fingerprint density at radius 2 is 1.83 bits per heavy atom. The topological polar surface area (TPSA) is 96.6 Å². The molecule has 0 bridgehead atoms. The Kier molecular flexibility index (Phi) is 5.79. The fourth-order valence-corrected chi connectivity index (χ4v) is 1.96. The van der Waals surface area contributed by atoms with E-state index in [-0.39, 0.29) is 5.82 Å². The highest BCUT2D eigenvalue weighted by molar-refractivity contribution is 5.99. The van der Waals surface area contributed by atoms with Gasteiger partial charge in [0.25, 0.3) is 5.91 Å². The first-order valence-corrected chi connectivity index (χ1v) is 7.03. The third-order valence-corrected chi connectivity index (χ3v) is 3.00. The average molecular weight is 323 g/mol. The molecule has 0 aliphatic carbocycles. The van der Waals surface area contributed by atoms with Gasteiger partial charge in [-0.3, -0.25) is 9.59 Å². The summed E-state index contributed by atoms with van der Waals surface area (Å²) in [6.45, 7) is -0.461. The van der Waals surface area contributed by atoms with E-state index in [1.54, 1.807) is 24.5 Å². The van der Waals surface area contributed by atoms with E-state index in [9.17, 15) is 14.4 Å². The minimum absolute atomic E-state index is 0.127. The number of nitrogens with two attached hydrogens (primary N) is 1. The molecular formula is C17H15N4O3. The molecule has 0 fully saturated rings. The van der Waals surface area contributed by atoms with Crippen LogP contribution >= 0.6 is 0 Å². The van der Waals surface area contributed by atoms with Crippen LogP contribution < -0.4 is 10.7 Å². The third kappa shape index (κ3) is 4.26. The Morgan fingerprint density at radius 1 is 1.12 bits per heavy atom. The van der Waals surface area contributed by atoms with Crippen LogP contribution in [0.4, 0.5) is 10.6 Å². The van der Waals surface area contributed by atoms with Crippen LogP contribution in [0.2, 0.25) is 0 Å². The summed E-state index contributed by atoms with van der Waals surface area (Å²) in [5.41, 5.74) is 6.14. The molecule has 1 aromatic carbocycles. The van der Waals surface area contributed by atoms with E-state index < -0.39 is 18.5 Å². The second kappa shape index (κ2) is 8.23. The van der Waals surface area contributed by atoms with Gasteiger partial charge < -0.3 is 5.73 Å². The molecule has 0 atom stereocenters. The number of rotatable bonds is 5. The number of hydrogen-bond acceptors (Lipinski definition) is 4. The van der Waals surface area contributed by atoms with Crippen LogP contribution in [0.1, 0.15) is 5.56 Å². The zero-order chi connectivity index (χ0) is 17.4. The van der Waals surface area contributed by atoms with Gasteiger partial charge in [-0.1, -0.05) is 36.4 Å². The van der Waals surface area contributed by atoms with Gasteiger partial charge in [0.05, 0.1) is 0 Å². The maximum atomic E-state index is 12.4. The average Bonchev–Trinajstić information content (AvgIpc) is 2.61. The van der Waals surface area contributed by atoms with Crippen LogP contribution in [-0.4, -0.2) is 34.8 Å². The summed E-state index contributed by atoms with van der Waals surface area (Å²) in [4.78, 5) is 39.0. The standard InChI is InChI=1S/C17H15N4O3/c18-17(24)21(15-8-4-5-11-19-15)20(12-13-22)16(23)10-9-14-6-2-1-3-7-14/h1-11H,12H2,(H2,18,24)/b10-9+. The Morgan fingerprint density at radius 3 is 2.42 bits per heavy atom. The van der Waals surface area contributed by atoms with E-state index in [1.807, 2.05) is 30.3 Å². The first-order chi connectivity index (χ1) is 11.6. The van der Waals surface area contributed by atoms with Crippen LogP contribution in [0.15, 0.2) is 60.8 Å². The fourth-order valence-electron chi connectivity index (χ4n) is 1.96. The lowest BCUT2D eigenvalue weighted by atomic mass is 10.2. The quantitative estimate of drug-likeness (QED) is 0.666. The molecule has 121 valence electrons. The minimum atomic E-state index is -0.939. The highest BCUT2D eigenvalue weighted by Crippen LogP contribution is 2.13. The molecule has 24 heavy (non-hydrogen) atoms. The van der Waals surface area contributed by atoms with Gasteiger partial charge in [-0.25, -0.2) is 14.8 Å². The van der Waals surface area contributed by atoms with Crippen molar-refractivity contribution < 1.29 is 14.4 Å². The molecule has 0 saturated carbocycles. The summed E-state index contributed by atoms with van der Waals surface area (Å²) in [7, 11) is 0. The third-order valence-electron chi connectivity index (χ3n) is 3.00. The van der Waals surface area contributed by atoms with E-state index in [1.165, 1.54) is 18.3 Å². The molecule has 2 aromatic rings. The number of carbonyl (C=O) groups is 2. The maximum Gasteiger partial charge on any atom is 0.339 e. The summed E-state index contributed by atoms with van der Waals surface area (Å²) >= 11 is 0. The van der Waals surface area contributed by atoms with Crippen LogP contribution in [-0.2, 0) is 9.59 Å². The predicted molar refractivity (Wildman–Crippen MR) is 89.2 cm³/mol. The van der Waals surface area contributed by atoms with Gasteiger partial charge in [-0.05, 0) is 23.8 Å². The van der Waals surface area contributed by atoms with Crippen LogP contribution in [0.3, 0.4) is 0 Å². The van der Waals surface area contributed by atoms with Crippen molar-refractivity contribution in [3.8, 4) is 0 Å². The first kappa shape index (κ1) is 16.9. The molecule has 0 saturated heterocycles. The normalized spacial score (nSPS) is 10.3. The van der Waals surface area contributed by atoms with Gasteiger partial charge in [0.1, 0.15) is 6.54 Å². The number of hydrogen-bond donors (Lipinski definition) is 1. The van der Waals surface area contributed by atoms with Crippen molar-refractivity contribution in [2.24, 2.45) is 5.73 Å². The number of aromatic nitrogens is 1. The SMILES string of the molecule is NC(=O)N(c1ccccn1)N(C[C]=O)C(=O)/C=C/c1ccccc1. The van der Waals surface area contributed by atoms with Crippen molar-refractivity contribution in [2.75, 3.05) is 11.6 Å². The van der Waals surface area contributed by atoms with E-state index in [4.69, 9.17) is 5.73 Å². The van der Waals surface area contributed by atoms with Crippen molar-refractivity contribution >= 4 is 30.1 Å². The fraction of sp³-hybridized carbons (Fsp3) is 0.0588. The molecule has 2 rings (SSSR count). The number of carbonyl (C=O) groups excluding carboxylic acids is 3. The molecule has 7 nitrogen and oxygen atoms in total. The van der Waals surface area contributed by atoms with E-state index in [2.05, 4.69) is 4.98 Å². The summed E-state index contributed by atoms with van der Waals surface area (Å²) < 4.78 is 0. The lowest BCUT2D eigenvalue weighted by Gasteiger charge is -2.30. The van der Waals surface area contributed by atoms with Crippen molar-refractivity contribution in [1.29, 1.82) is 0 Å². The molecule has 1 aromatic heterocycles. The second-order valence-corrected chi connectivity index (χ2v) is 4.62. The molecule has 0 unspecified atom stereocenters. The second-order valence-electron chi connectivity index (χ2n) is 4.62. The Balaban J connectivity index is 2.29. The number of amides is 3. The van der Waals surface area contributed by atoms with Gasteiger partial charge in [0, 0.05) is 12.3 Å². The Labute approximate surface area is 139 Å². The first-order valence-electron chi connectivity index (χ1n) is 7.03. The number of primary amides is 1. The highest BCUT2D eigenvalue weighted by Gasteiger charge is 2.25. The maximum absolute atomic E-state index is 12.4. The molecular weight excluding hydrogens is 308 g/mol. The van der Waals surface area contributed by atoms with E-state index in [0.29, 0.717) is 0 Å². The van der Waals surface area contributed by atoms with Gasteiger partial charge in [0.2, 0.25) is 6.29 Å². The van der Waals surface area contributed by atoms with Crippen LogP contribution in [0.25, 0.3) is 6.08 Å². The summed E-state index contributed by atoms with van der Waals surface area (Å²) in [6, 6.07) is 13.0. The van der Waals surface area contributed by atoms with Crippen molar-refractivity contribution in [3.63, 3.8) is 0 Å². The van der Waals surface area contributed by atoms with Crippen LogP contribution in [0, 0.1) is 0 Å². The number of hydrazine groups is 1. The molecule has 1 heterocycles. The molecule has 7 heteroatoms. The van der Waals surface area contributed by atoms with Crippen molar-refractivity contribution in [1.82, 2.24) is 9.99 Å². The zero-order valence-corrected chi connectivity index (χ0v) is 12.7. The van der Waals surface area contributed by atoms with Gasteiger partial charge in [0.15, 0.2) is 5.82 Å². The lowest BCUT2D eigenvalue weighted by molar-refractivity contribution is -0.125. The minimum Gasteiger partial charge on any atom is -0.350 e. The molecule has 1 radical (unpaired) electrons. The number of pyridine rings is 1. The smallest absolute Gasteiger partial charge is 0.339 e. The number of nitrogens with zero attached hydrogens (tertiary/aromatic N) is 3. The number of urea groups is 1. The number of anilines is 1. The zero-order valence-electron chi connectivity index (χ0n) is 12.7. The number of benzene rings is 1. The van der Waals surface area contributed by atoms with E-state index in [0.717, 1.165) is 15.6 Å². The molecule has 0 aliphatic heterocycles. The lowest BCUT2D eigenvalue weighted by Crippen LogP contribution is -2.53. The van der Waals surface area contributed by atoms with Gasteiger partial charge in [-0.2, -0.15) is 5.01 Å². The van der Waals surface area contributed by atoms with Gasteiger partial charge >= 0.3 is 6.03 Å².